The van der Waals surface area contributed by atoms with Gasteiger partial charge in [0, 0.05) is 11.3 Å². The van der Waals surface area contributed by atoms with Gasteiger partial charge < -0.3 is 21.3 Å². The number of nitrogens with two attached hydrogens (primary N) is 2. The number of aliphatic hydroxyl groups is 1. The smallest absolute Gasteiger partial charge is 0.220 e. The van der Waals surface area contributed by atoms with Crippen molar-refractivity contribution in [1.29, 1.82) is 10.7 Å². The molecule has 2 rings (SSSR count). The third kappa shape index (κ3) is 2.79. The fourth-order valence-corrected chi connectivity index (χ4v) is 3.58. The SMILES string of the molecule is [B]c1cc(CO)cc(C2(C(C)C)C(C#N)=C(N)OC(=N)/C2=C(/C)N)c1. The predicted octanol–water partition coefficient (Wildman–Crippen LogP) is 0.801. The van der Waals surface area contributed by atoms with Crippen LogP contribution >= 0.6 is 0 Å². The number of nitrogens with one attached hydrogen (secondary N) is 1. The molecule has 0 spiro atoms. The van der Waals surface area contributed by atoms with Crippen LogP contribution < -0.4 is 16.9 Å². The highest BCUT2D eigenvalue weighted by Crippen LogP contribution is 2.49. The van der Waals surface area contributed by atoms with E-state index in [9.17, 15) is 10.4 Å². The monoisotopic (exact) mass is 336 g/mol. The number of nitrogens with zero attached hydrogens (tertiary/aromatic N) is 1. The van der Waals surface area contributed by atoms with E-state index in [2.05, 4.69) is 6.07 Å². The van der Waals surface area contributed by atoms with Gasteiger partial charge >= 0.3 is 0 Å². The summed E-state index contributed by atoms with van der Waals surface area (Å²) in [6, 6.07) is 7.25. The van der Waals surface area contributed by atoms with Gasteiger partial charge in [0.1, 0.15) is 19.5 Å². The third-order valence-electron chi connectivity index (χ3n) is 4.50. The number of hydrogen-bond acceptors (Lipinski definition) is 6. The van der Waals surface area contributed by atoms with Crippen molar-refractivity contribution in [2.75, 3.05) is 0 Å². The number of ether oxygens (including phenoxy) is 1. The number of allylic oxidation sites excluding steroid dienone is 2. The van der Waals surface area contributed by atoms with Crippen LogP contribution in [0.4, 0.5) is 0 Å². The Morgan fingerprint density at radius 3 is 2.56 bits per heavy atom. The fourth-order valence-electron chi connectivity index (χ4n) is 3.58. The average molecular weight is 336 g/mol. The zero-order chi connectivity index (χ0) is 18.9. The Balaban J connectivity index is 3.03. The van der Waals surface area contributed by atoms with Crippen molar-refractivity contribution in [1.82, 2.24) is 0 Å². The van der Waals surface area contributed by atoms with Crippen LogP contribution in [0.3, 0.4) is 0 Å². The zero-order valence-electron chi connectivity index (χ0n) is 14.6. The average Bonchev–Trinajstić information content (AvgIpc) is 2.52. The number of hydrogen-bond donors (Lipinski definition) is 4. The van der Waals surface area contributed by atoms with Crippen molar-refractivity contribution in [3.63, 3.8) is 0 Å². The Morgan fingerprint density at radius 2 is 2.08 bits per heavy atom. The van der Waals surface area contributed by atoms with Crippen LogP contribution in [0.1, 0.15) is 31.9 Å². The maximum Gasteiger partial charge on any atom is 0.220 e. The van der Waals surface area contributed by atoms with E-state index in [0.29, 0.717) is 27.9 Å². The van der Waals surface area contributed by atoms with Crippen molar-refractivity contribution in [3.05, 3.63) is 52.1 Å². The molecule has 0 amide bonds. The van der Waals surface area contributed by atoms with E-state index in [1.54, 1.807) is 25.1 Å². The molecule has 0 saturated carbocycles. The summed E-state index contributed by atoms with van der Waals surface area (Å²) in [6.45, 7) is 5.27. The summed E-state index contributed by atoms with van der Waals surface area (Å²) in [4.78, 5) is 0. The lowest BCUT2D eigenvalue weighted by Crippen LogP contribution is -2.46. The molecule has 7 heteroatoms. The minimum Gasteiger partial charge on any atom is -0.422 e. The normalized spacial score (nSPS) is 22.6. The molecule has 1 aliphatic heterocycles. The standard InChI is InChI=1S/C18H21BN4O2/c1-9(2)18(12-4-11(8-24)5-13(19)6-12)14(7-20)16(22)25-17(23)15(18)10(3)21/h4-6,9,23-24H,8,21-22H2,1-3H3/b15-10+,23-17?. The number of aliphatic hydroxyl groups excluding tert-OH is 1. The molecule has 1 aliphatic rings. The molecular formula is C18H21BN4O2. The molecule has 1 unspecified atom stereocenters. The Morgan fingerprint density at radius 1 is 1.44 bits per heavy atom. The molecule has 6 nitrogen and oxygen atoms in total. The Hall–Kier alpha value is -2.72. The van der Waals surface area contributed by atoms with Crippen LogP contribution in [0.15, 0.2) is 40.9 Å². The van der Waals surface area contributed by atoms with Gasteiger partial charge in [0.05, 0.1) is 12.0 Å². The van der Waals surface area contributed by atoms with Crippen molar-refractivity contribution < 1.29 is 9.84 Å². The second-order valence-electron chi connectivity index (χ2n) is 6.42. The van der Waals surface area contributed by atoms with Crippen LogP contribution in [0.5, 0.6) is 0 Å². The molecule has 0 aromatic heterocycles. The van der Waals surface area contributed by atoms with E-state index in [1.165, 1.54) is 0 Å². The van der Waals surface area contributed by atoms with E-state index in [4.69, 9.17) is 29.5 Å². The van der Waals surface area contributed by atoms with Crippen molar-refractivity contribution in [2.24, 2.45) is 17.4 Å². The van der Waals surface area contributed by atoms with Gasteiger partial charge in [-0.3, -0.25) is 5.41 Å². The summed E-state index contributed by atoms with van der Waals surface area (Å²) in [6.07, 6.45) is 0. The molecule has 1 atom stereocenters. The lowest BCUT2D eigenvalue weighted by Gasteiger charge is -2.43. The van der Waals surface area contributed by atoms with Gasteiger partial charge in [-0.15, -0.1) is 0 Å². The van der Waals surface area contributed by atoms with Gasteiger partial charge in [-0.05, 0) is 24.0 Å². The summed E-state index contributed by atoms with van der Waals surface area (Å²) in [5, 5.41) is 27.6. The van der Waals surface area contributed by atoms with Gasteiger partial charge in [0.25, 0.3) is 0 Å². The minimum atomic E-state index is -1.09. The quantitative estimate of drug-likeness (QED) is 0.607. The second-order valence-corrected chi connectivity index (χ2v) is 6.42. The van der Waals surface area contributed by atoms with Crippen molar-refractivity contribution in [2.45, 2.75) is 32.8 Å². The van der Waals surface area contributed by atoms with Gasteiger partial charge in [0.2, 0.25) is 11.8 Å². The molecule has 25 heavy (non-hydrogen) atoms. The van der Waals surface area contributed by atoms with E-state index in [1.807, 2.05) is 13.8 Å². The molecule has 128 valence electrons. The molecule has 0 fully saturated rings. The lowest BCUT2D eigenvalue weighted by molar-refractivity contribution is 0.281. The first kappa shape index (κ1) is 18.6. The summed E-state index contributed by atoms with van der Waals surface area (Å²) >= 11 is 0. The van der Waals surface area contributed by atoms with Crippen molar-refractivity contribution >= 4 is 19.2 Å². The Labute approximate surface area is 148 Å². The highest BCUT2D eigenvalue weighted by atomic mass is 16.5. The van der Waals surface area contributed by atoms with Crippen LogP contribution in [-0.4, -0.2) is 18.9 Å². The van der Waals surface area contributed by atoms with Crippen LogP contribution in [-0.2, 0) is 16.8 Å². The first-order valence-electron chi connectivity index (χ1n) is 7.84. The minimum absolute atomic E-state index is 0.126. The van der Waals surface area contributed by atoms with E-state index in [0.717, 1.165) is 0 Å². The molecule has 6 N–H and O–H groups in total. The topological polar surface area (TPSA) is 129 Å². The zero-order valence-corrected chi connectivity index (χ0v) is 14.6. The Bertz CT molecular complexity index is 832. The van der Waals surface area contributed by atoms with Gasteiger partial charge in [-0.1, -0.05) is 37.5 Å². The van der Waals surface area contributed by atoms with Crippen LogP contribution in [0.25, 0.3) is 0 Å². The third-order valence-corrected chi connectivity index (χ3v) is 4.50. The Kier molecular flexibility index (Phi) is 4.95. The largest absolute Gasteiger partial charge is 0.422 e. The first-order chi connectivity index (χ1) is 11.7. The summed E-state index contributed by atoms with van der Waals surface area (Å²) in [7, 11) is 6.00. The fraction of sp³-hybridized carbons (Fsp3) is 0.333. The first-order valence-corrected chi connectivity index (χ1v) is 7.84. The molecule has 2 radical (unpaired) electrons. The van der Waals surface area contributed by atoms with Gasteiger partial charge in [-0.25, -0.2) is 0 Å². The molecule has 0 saturated heterocycles. The molecule has 1 heterocycles. The van der Waals surface area contributed by atoms with Gasteiger partial charge in [0.15, 0.2) is 0 Å². The lowest BCUT2D eigenvalue weighted by atomic mass is 9.60. The summed E-state index contributed by atoms with van der Waals surface area (Å²) in [5.74, 6) is -0.510. The maximum atomic E-state index is 9.81. The van der Waals surface area contributed by atoms with E-state index >= 15 is 0 Å². The summed E-state index contributed by atoms with van der Waals surface area (Å²) < 4.78 is 5.28. The van der Waals surface area contributed by atoms with E-state index in [-0.39, 0.29) is 29.9 Å². The highest BCUT2D eigenvalue weighted by molar-refractivity contribution is 6.32. The molecular weight excluding hydrogens is 315 g/mol. The molecule has 0 aliphatic carbocycles. The number of nitriles is 1. The highest BCUT2D eigenvalue weighted by Gasteiger charge is 2.51. The maximum absolute atomic E-state index is 9.81. The molecule has 1 aromatic carbocycles. The second kappa shape index (κ2) is 6.65. The number of rotatable bonds is 3. The number of benzene rings is 1. The van der Waals surface area contributed by atoms with Crippen molar-refractivity contribution in [3.8, 4) is 6.07 Å². The summed E-state index contributed by atoms with van der Waals surface area (Å²) in [5.41, 5.74) is 13.5. The van der Waals surface area contributed by atoms with Gasteiger partial charge in [-0.2, -0.15) is 5.26 Å². The van der Waals surface area contributed by atoms with E-state index < -0.39 is 5.41 Å². The van der Waals surface area contributed by atoms with Crippen LogP contribution in [0.2, 0.25) is 0 Å². The van der Waals surface area contributed by atoms with Crippen LogP contribution in [0, 0.1) is 22.7 Å². The predicted molar refractivity (Wildman–Crippen MR) is 96.8 cm³/mol. The molecule has 0 bridgehead atoms. The molecule has 1 aromatic rings.